The third kappa shape index (κ3) is 2.68. The number of aromatic amines is 1. The molecule has 0 aliphatic rings. The number of nitrogens with one attached hydrogen (secondary N) is 1. The number of nitrogens with zero attached hydrogens (tertiary/aromatic N) is 2. The average molecular weight is 271 g/mol. The molecular formula is C15H17N3S. The van der Waals surface area contributed by atoms with Crippen LogP contribution in [0.3, 0.4) is 0 Å². The zero-order valence-electron chi connectivity index (χ0n) is 11.4. The molecule has 0 fully saturated rings. The molecule has 0 radical (unpaired) electrons. The van der Waals surface area contributed by atoms with Crippen LogP contribution in [0.2, 0.25) is 0 Å². The Balaban J connectivity index is 1.94. The highest BCUT2D eigenvalue weighted by molar-refractivity contribution is 7.09. The minimum absolute atomic E-state index is 0.267. The highest BCUT2D eigenvalue weighted by Gasteiger charge is 2.15. The number of thiazole rings is 1. The maximum absolute atomic E-state index is 4.69. The van der Waals surface area contributed by atoms with Gasteiger partial charge in [0.25, 0.3) is 0 Å². The van der Waals surface area contributed by atoms with Crippen molar-refractivity contribution in [1.82, 2.24) is 15.0 Å². The SMILES string of the molecule is CC(C)(C)Cc1nc(-c2nc3ccccc3[nH]2)cs1. The highest BCUT2D eigenvalue weighted by Crippen LogP contribution is 2.27. The number of hydrogen-bond acceptors (Lipinski definition) is 3. The molecule has 0 saturated carbocycles. The summed E-state index contributed by atoms with van der Waals surface area (Å²) in [5.74, 6) is 0.859. The Labute approximate surface area is 116 Å². The van der Waals surface area contributed by atoms with E-state index < -0.39 is 0 Å². The molecule has 4 heteroatoms. The summed E-state index contributed by atoms with van der Waals surface area (Å²) in [6, 6.07) is 8.06. The summed E-state index contributed by atoms with van der Waals surface area (Å²) < 4.78 is 0. The molecule has 19 heavy (non-hydrogen) atoms. The van der Waals surface area contributed by atoms with Gasteiger partial charge in [-0.25, -0.2) is 9.97 Å². The van der Waals surface area contributed by atoms with Crippen LogP contribution in [0.1, 0.15) is 25.8 Å². The van der Waals surface area contributed by atoms with Gasteiger partial charge in [0.15, 0.2) is 5.82 Å². The van der Waals surface area contributed by atoms with Crippen molar-refractivity contribution in [3.05, 3.63) is 34.7 Å². The monoisotopic (exact) mass is 271 g/mol. The van der Waals surface area contributed by atoms with Crippen LogP contribution in [-0.4, -0.2) is 15.0 Å². The fraction of sp³-hybridized carbons (Fsp3) is 0.333. The normalized spacial score (nSPS) is 12.2. The topological polar surface area (TPSA) is 41.6 Å². The molecule has 3 nitrogen and oxygen atoms in total. The number of benzene rings is 1. The maximum atomic E-state index is 4.69. The molecule has 1 aromatic carbocycles. The third-order valence-corrected chi connectivity index (χ3v) is 3.71. The summed E-state index contributed by atoms with van der Waals surface area (Å²) in [7, 11) is 0. The van der Waals surface area contributed by atoms with Gasteiger partial charge in [-0.1, -0.05) is 32.9 Å². The Bertz CT molecular complexity index is 670. The Hall–Kier alpha value is -1.68. The van der Waals surface area contributed by atoms with Gasteiger partial charge in [0.2, 0.25) is 0 Å². The zero-order chi connectivity index (χ0) is 13.5. The molecule has 0 atom stereocenters. The van der Waals surface area contributed by atoms with E-state index in [1.165, 1.54) is 5.01 Å². The quantitative estimate of drug-likeness (QED) is 0.756. The van der Waals surface area contributed by atoms with Crippen LogP contribution in [0.15, 0.2) is 29.6 Å². The van der Waals surface area contributed by atoms with Gasteiger partial charge >= 0.3 is 0 Å². The van der Waals surface area contributed by atoms with Crippen LogP contribution < -0.4 is 0 Å². The number of hydrogen-bond donors (Lipinski definition) is 1. The molecule has 1 N–H and O–H groups in total. The lowest BCUT2D eigenvalue weighted by Crippen LogP contribution is -2.08. The molecule has 0 aliphatic carbocycles. The molecular weight excluding hydrogens is 254 g/mol. The fourth-order valence-electron chi connectivity index (χ4n) is 2.03. The summed E-state index contributed by atoms with van der Waals surface area (Å²) in [5, 5.41) is 3.25. The lowest BCUT2D eigenvalue weighted by Gasteiger charge is -2.15. The number of rotatable bonds is 2. The molecule has 3 aromatic rings. The van der Waals surface area contributed by atoms with E-state index in [9.17, 15) is 0 Å². The van der Waals surface area contributed by atoms with Crippen LogP contribution in [0.25, 0.3) is 22.6 Å². The van der Waals surface area contributed by atoms with E-state index in [4.69, 9.17) is 0 Å². The van der Waals surface area contributed by atoms with Gasteiger partial charge in [-0.05, 0) is 17.5 Å². The van der Waals surface area contributed by atoms with Crippen molar-refractivity contribution in [3.63, 3.8) is 0 Å². The van der Waals surface area contributed by atoms with E-state index in [-0.39, 0.29) is 5.41 Å². The molecule has 0 saturated heterocycles. The second-order valence-electron chi connectivity index (χ2n) is 5.97. The summed E-state index contributed by atoms with van der Waals surface area (Å²) in [6.07, 6.45) is 0.998. The van der Waals surface area contributed by atoms with Gasteiger partial charge < -0.3 is 4.98 Å². The van der Waals surface area contributed by atoms with Crippen molar-refractivity contribution in [3.8, 4) is 11.5 Å². The predicted molar refractivity (Wildman–Crippen MR) is 80.4 cm³/mol. The first-order chi connectivity index (χ1) is 9.01. The maximum Gasteiger partial charge on any atom is 0.158 e. The van der Waals surface area contributed by atoms with Gasteiger partial charge in [-0.15, -0.1) is 11.3 Å². The van der Waals surface area contributed by atoms with E-state index in [2.05, 4.69) is 41.1 Å². The summed E-state index contributed by atoms with van der Waals surface area (Å²) in [6.45, 7) is 6.69. The van der Waals surface area contributed by atoms with Crippen molar-refractivity contribution in [1.29, 1.82) is 0 Å². The van der Waals surface area contributed by atoms with Gasteiger partial charge in [0.05, 0.1) is 16.0 Å². The van der Waals surface area contributed by atoms with Crippen LogP contribution in [0.5, 0.6) is 0 Å². The second kappa shape index (κ2) is 4.46. The minimum Gasteiger partial charge on any atom is -0.337 e. The first kappa shape index (κ1) is 12.4. The zero-order valence-corrected chi connectivity index (χ0v) is 12.2. The molecule has 0 bridgehead atoms. The Kier molecular flexibility index (Phi) is 2.90. The molecule has 0 unspecified atom stereocenters. The van der Waals surface area contributed by atoms with Crippen LogP contribution in [-0.2, 0) is 6.42 Å². The molecule has 2 aromatic heterocycles. The van der Waals surface area contributed by atoms with Crippen LogP contribution in [0.4, 0.5) is 0 Å². The van der Waals surface area contributed by atoms with E-state index in [1.807, 2.05) is 24.3 Å². The Morgan fingerprint density at radius 2 is 1.95 bits per heavy atom. The Morgan fingerprint density at radius 1 is 1.16 bits per heavy atom. The van der Waals surface area contributed by atoms with Gasteiger partial charge in [0, 0.05) is 11.8 Å². The van der Waals surface area contributed by atoms with Crippen molar-refractivity contribution in [2.75, 3.05) is 0 Å². The van der Waals surface area contributed by atoms with Crippen LogP contribution >= 0.6 is 11.3 Å². The largest absolute Gasteiger partial charge is 0.337 e. The summed E-state index contributed by atoms with van der Waals surface area (Å²) in [5.41, 5.74) is 3.26. The van der Waals surface area contributed by atoms with E-state index >= 15 is 0 Å². The molecule has 0 aliphatic heterocycles. The number of fused-ring (bicyclic) bond motifs is 1. The standard InChI is InChI=1S/C15H17N3S/c1-15(2,3)8-13-16-12(9-19-13)14-17-10-6-4-5-7-11(10)18-14/h4-7,9H,8H2,1-3H3,(H,17,18). The number of para-hydroxylation sites is 2. The second-order valence-corrected chi connectivity index (χ2v) is 6.91. The highest BCUT2D eigenvalue weighted by atomic mass is 32.1. The van der Waals surface area contributed by atoms with Crippen molar-refractivity contribution < 1.29 is 0 Å². The summed E-state index contributed by atoms with van der Waals surface area (Å²) in [4.78, 5) is 12.6. The lowest BCUT2D eigenvalue weighted by atomic mass is 9.93. The molecule has 0 spiro atoms. The van der Waals surface area contributed by atoms with Crippen molar-refractivity contribution >= 4 is 22.4 Å². The van der Waals surface area contributed by atoms with Crippen molar-refractivity contribution in [2.24, 2.45) is 5.41 Å². The minimum atomic E-state index is 0.267. The average Bonchev–Trinajstić information content (AvgIpc) is 2.91. The van der Waals surface area contributed by atoms with Crippen LogP contribution in [0, 0.1) is 5.41 Å². The van der Waals surface area contributed by atoms with Gasteiger partial charge in [-0.3, -0.25) is 0 Å². The van der Waals surface area contributed by atoms with Gasteiger partial charge in [0.1, 0.15) is 5.69 Å². The number of imidazole rings is 1. The van der Waals surface area contributed by atoms with Crippen molar-refractivity contribution in [2.45, 2.75) is 27.2 Å². The fourth-order valence-corrected chi connectivity index (χ4v) is 3.11. The number of aromatic nitrogens is 3. The lowest BCUT2D eigenvalue weighted by molar-refractivity contribution is 0.410. The van der Waals surface area contributed by atoms with E-state index in [1.54, 1.807) is 11.3 Å². The number of H-pyrrole nitrogens is 1. The third-order valence-electron chi connectivity index (χ3n) is 2.87. The molecule has 2 heterocycles. The Morgan fingerprint density at radius 3 is 2.68 bits per heavy atom. The molecule has 0 amide bonds. The van der Waals surface area contributed by atoms with E-state index in [0.29, 0.717) is 0 Å². The first-order valence-electron chi connectivity index (χ1n) is 6.41. The van der Waals surface area contributed by atoms with Gasteiger partial charge in [-0.2, -0.15) is 0 Å². The molecule has 98 valence electrons. The smallest absolute Gasteiger partial charge is 0.158 e. The summed E-state index contributed by atoms with van der Waals surface area (Å²) >= 11 is 1.71. The first-order valence-corrected chi connectivity index (χ1v) is 7.29. The predicted octanol–water partition coefficient (Wildman–Crippen LogP) is 4.28. The van der Waals surface area contributed by atoms with E-state index in [0.717, 1.165) is 29.0 Å². The molecule has 3 rings (SSSR count).